The zero-order chi connectivity index (χ0) is 14.4. The van der Waals surface area contributed by atoms with Gasteiger partial charge >= 0.3 is 0 Å². The quantitative estimate of drug-likeness (QED) is 0.768. The van der Waals surface area contributed by atoms with Gasteiger partial charge in [0.2, 0.25) is 5.78 Å². The average molecular weight is 274 g/mol. The number of nitrogens with zero attached hydrogens (tertiary/aromatic N) is 3. The fraction of sp³-hybridized carbons (Fsp3) is 0.357. The standard InChI is InChI=1S/C14H18N4O2/c1-2-9-20-12-5-3-11(4-6-12)14(19)13-10-18(8-7-15)17-16-13/h3-6,10H,2,7-9,15H2,1H3. The molecule has 0 aliphatic heterocycles. The van der Waals surface area contributed by atoms with E-state index in [4.69, 9.17) is 10.5 Å². The van der Waals surface area contributed by atoms with Gasteiger partial charge in [0.25, 0.3) is 0 Å². The molecule has 0 aliphatic carbocycles. The Morgan fingerprint density at radius 3 is 2.75 bits per heavy atom. The van der Waals surface area contributed by atoms with Gasteiger partial charge in [0.05, 0.1) is 19.3 Å². The highest BCUT2D eigenvalue weighted by atomic mass is 16.5. The van der Waals surface area contributed by atoms with Crippen molar-refractivity contribution in [2.75, 3.05) is 13.2 Å². The molecule has 2 rings (SSSR count). The molecule has 6 nitrogen and oxygen atoms in total. The number of hydrogen-bond acceptors (Lipinski definition) is 5. The molecule has 2 aromatic rings. The zero-order valence-corrected chi connectivity index (χ0v) is 11.5. The van der Waals surface area contributed by atoms with E-state index < -0.39 is 0 Å². The predicted octanol–water partition coefficient (Wildman–Crippen LogP) is 1.26. The Labute approximate surface area is 117 Å². The van der Waals surface area contributed by atoms with Gasteiger partial charge in [-0.05, 0) is 30.7 Å². The van der Waals surface area contributed by atoms with Gasteiger partial charge in [0.15, 0.2) is 5.69 Å². The van der Waals surface area contributed by atoms with Gasteiger partial charge < -0.3 is 10.5 Å². The van der Waals surface area contributed by atoms with Crippen LogP contribution in [0, 0.1) is 0 Å². The molecule has 20 heavy (non-hydrogen) atoms. The van der Waals surface area contributed by atoms with Crippen LogP contribution in [0.5, 0.6) is 5.75 Å². The van der Waals surface area contributed by atoms with Gasteiger partial charge in [-0.3, -0.25) is 9.48 Å². The summed E-state index contributed by atoms with van der Waals surface area (Å²) in [6, 6.07) is 7.03. The normalized spacial score (nSPS) is 10.5. The number of nitrogens with two attached hydrogens (primary N) is 1. The third-order valence-corrected chi connectivity index (χ3v) is 2.72. The molecule has 0 saturated heterocycles. The van der Waals surface area contributed by atoms with Crippen molar-refractivity contribution >= 4 is 5.78 Å². The molecule has 106 valence electrons. The number of benzene rings is 1. The minimum Gasteiger partial charge on any atom is -0.494 e. The van der Waals surface area contributed by atoms with Crippen LogP contribution in [-0.4, -0.2) is 33.9 Å². The van der Waals surface area contributed by atoms with E-state index in [9.17, 15) is 4.79 Å². The van der Waals surface area contributed by atoms with Crippen molar-refractivity contribution in [3.05, 3.63) is 41.7 Å². The highest BCUT2D eigenvalue weighted by Crippen LogP contribution is 2.14. The van der Waals surface area contributed by atoms with Crippen LogP contribution in [0.25, 0.3) is 0 Å². The van der Waals surface area contributed by atoms with Crippen LogP contribution in [0.3, 0.4) is 0 Å². The van der Waals surface area contributed by atoms with Crippen LogP contribution in [0.4, 0.5) is 0 Å². The van der Waals surface area contributed by atoms with Crippen molar-refractivity contribution in [2.24, 2.45) is 5.73 Å². The highest BCUT2D eigenvalue weighted by Gasteiger charge is 2.13. The Hall–Kier alpha value is -2.21. The smallest absolute Gasteiger partial charge is 0.214 e. The van der Waals surface area contributed by atoms with E-state index in [1.807, 2.05) is 6.92 Å². The first-order valence-electron chi connectivity index (χ1n) is 6.62. The van der Waals surface area contributed by atoms with E-state index >= 15 is 0 Å². The molecule has 0 unspecified atom stereocenters. The van der Waals surface area contributed by atoms with Crippen molar-refractivity contribution in [3.63, 3.8) is 0 Å². The molecule has 0 spiro atoms. The summed E-state index contributed by atoms with van der Waals surface area (Å²) in [5, 5.41) is 7.71. The molecule has 1 aromatic heterocycles. The van der Waals surface area contributed by atoms with Crippen LogP contribution >= 0.6 is 0 Å². The molecule has 0 saturated carbocycles. The molecule has 0 bridgehead atoms. The van der Waals surface area contributed by atoms with Crippen molar-refractivity contribution in [1.29, 1.82) is 0 Å². The number of carbonyl (C=O) groups excluding carboxylic acids is 1. The van der Waals surface area contributed by atoms with E-state index in [0.717, 1.165) is 12.2 Å². The molecule has 2 N–H and O–H groups in total. The molecule has 0 amide bonds. The fourth-order valence-corrected chi connectivity index (χ4v) is 1.71. The molecular formula is C14H18N4O2. The summed E-state index contributed by atoms with van der Waals surface area (Å²) in [6.45, 7) is 3.72. The molecular weight excluding hydrogens is 256 g/mol. The lowest BCUT2D eigenvalue weighted by molar-refractivity contribution is 0.103. The average Bonchev–Trinajstić information content (AvgIpc) is 2.94. The molecule has 0 fully saturated rings. The number of rotatable bonds is 7. The summed E-state index contributed by atoms with van der Waals surface area (Å²) >= 11 is 0. The minimum atomic E-state index is -0.157. The lowest BCUT2D eigenvalue weighted by atomic mass is 10.1. The number of hydrogen-bond donors (Lipinski definition) is 1. The summed E-state index contributed by atoms with van der Waals surface area (Å²) in [4.78, 5) is 12.2. The van der Waals surface area contributed by atoms with Crippen molar-refractivity contribution in [3.8, 4) is 5.75 Å². The predicted molar refractivity (Wildman–Crippen MR) is 74.7 cm³/mol. The summed E-state index contributed by atoms with van der Waals surface area (Å²) < 4.78 is 7.04. The second-order valence-electron chi connectivity index (χ2n) is 4.36. The fourth-order valence-electron chi connectivity index (χ4n) is 1.71. The third-order valence-electron chi connectivity index (χ3n) is 2.72. The van der Waals surface area contributed by atoms with E-state index in [-0.39, 0.29) is 5.78 Å². The molecule has 6 heteroatoms. The van der Waals surface area contributed by atoms with E-state index in [1.54, 1.807) is 35.1 Å². The first-order valence-corrected chi connectivity index (χ1v) is 6.62. The molecule has 1 heterocycles. The van der Waals surface area contributed by atoms with Gasteiger partial charge in [0.1, 0.15) is 5.75 Å². The van der Waals surface area contributed by atoms with Crippen LogP contribution in [0.2, 0.25) is 0 Å². The lowest BCUT2D eigenvalue weighted by Crippen LogP contribution is -2.10. The summed E-state index contributed by atoms with van der Waals surface area (Å²) in [6.07, 6.45) is 2.56. The monoisotopic (exact) mass is 274 g/mol. The maximum atomic E-state index is 12.2. The highest BCUT2D eigenvalue weighted by molar-refractivity contribution is 6.07. The SMILES string of the molecule is CCCOc1ccc(C(=O)c2cn(CCN)nn2)cc1. The Balaban J connectivity index is 2.07. The second kappa shape index (κ2) is 6.81. The Kier molecular flexibility index (Phi) is 4.84. The maximum Gasteiger partial charge on any atom is 0.214 e. The number of aromatic nitrogens is 3. The van der Waals surface area contributed by atoms with E-state index in [2.05, 4.69) is 10.3 Å². The van der Waals surface area contributed by atoms with E-state index in [1.165, 1.54) is 0 Å². The third kappa shape index (κ3) is 3.42. The van der Waals surface area contributed by atoms with Crippen LogP contribution in [-0.2, 0) is 6.54 Å². The summed E-state index contributed by atoms with van der Waals surface area (Å²) in [5.41, 5.74) is 6.31. The number of ketones is 1. The number of carbonyl (C=O) groups is 1. The second-order valence-corrected chi connectivity index (χ2v) is 4.36. The van der Waals surface area contributed by atoms with Gasteiger partial charge in [-0.2, -0.15) is 0 Å². The first-order chi connectivity index (χ1) is 9.74. The van der Waals surface area contributed by atoms with Crippen molar-refractivity contribution in [2.45, 2.75) is 19.9 Å². The Morgan fingerprint density at radius 2 is 2.10 bits per heavy atom. The molecule has 1 aromatic carbocycles. The summed E-state index contributed by atoms with van der Waals surface area (Å²) in [7, 11) is 0. The van der Waals surface area contributed by atoms with Crippen molar-refractivity contribution < 1.29 is 9.53 Å². The van der Waals surface area contributed by atoms with Crippen LogP contribution in [0.1, 0.15) is 29.4 Å². The zero-order valence-electron chi connectivity index (χ0n) is 11.5. The Bertz CT molecular complexity index is 563. The van der Waals surface area contributed by atoms with Gasteiger partial charge in [-0.15, -0.1) is 5.10 Å². The van der Waals surface area contributed by atoms with Gasteiger partial charge in [-0.1, -0.05) is 12.1 Å². The topological polar surface area (TPSA) is 83.0 Å². The van der Waals surface area contributed by atoms with Gasteiger partial charge in [-0.25, -0.2) is 0 Å². The Morgan fingerprint density at radius 1 is 1.35 bits per heavy atom. The minimum absolute atomic E-state index is 0.157. The summed E-state index contributed by atoms with van der Waals surface area (Å²) in [5.74, 6) is 0.602. The molecule has 0 aliphatic rings. The molecule has 0 atom stereocenters. The lowest BCUT2D eigenvalue weighted by Gasteiger charge is -2.04. The van der Waals surface area contributed by atoms with E-state index in [0.29, 0.717) is 31.0 Å². The van der Waals surface area contributed by atoms with Crippen molar-refractivity contribution in [1.82, 2.24) is 15.0 Å². The van der Waals surface area contributed by atoms with Gasteiger partial charge in [0, 0.05) is 12.1 Å². The van der Waals surface area contributed by atoms with Crippen LogP contribution < -0.4 is 10.5 Å². The van der Waals surface area contributed by atoms with Crippen LogP contribution in [0.15, 0.2) is 30.5 Å². The molecule has 0 radical (unpaired) electrons. The maximum absolute atomic E-state index is 12.2. The first kappa shape index (κ1) is 14.2. The number of ether oxygens (including phenoxy) is 1. The largest absolute Gasteiger partial charge is 0.494 e.